The van der Waals surface area contributed by atoms with Gasteiger partial charge < -0.3 is 0 Å². The second-order valence-electron chi connectivity index (χ2n) is 2.26. The maximum absolute atomic E-state index is 12.6. The Bertz CT molecular complexity index is 388. The van der Waals surface area contributed by atoms with E-state index in [1.807, 2.05) is 0 Å². The van der Waals surface area contributed by atoms with Crippen molar-refractivity contribution in [2.24, 2.45) is 0 Å². The van der Waals surface area contributed by atoms with E-state index in [0.29, 0.717) is 4.47 Å². The van der Waals surface area contributed by atoms with Gasteiger partial charge in [0.15, 0.2) is 0 Å². The van der Waals surface area contributed by atoms with Crippen LogP contribution in [0.3, 0.4) is 0 Å². The number of carbonyl (C=O) groups is 1. The van der Waals surface area contributed by atoms with Crippen LogP contribution in [0.1, 0.15) is 22.5 Å². The molecule has 1 aromatic rings. The molecule has 0 radical (unpaired) electrons. The van der Waals surface area contributed by atoms with E-state index in [4.69, 9.17) is 11.6 Å². The molecule has 14 heavy (non-hydrogen) atoms. The molecule has 0 aromatic carbocycles. The lowest BCUT2D eigenvalue weighted by Crippen LogP contribution is -2.05. The minimum absolute atomic E-state index is 0.247. The van der Waals surface area contributed by atoms with Crippen LogP contribution in [0.2, 0.25) is 0 Å². The third-order valence-corrected chi connectivity index (χ3v) is 4.10. The Morgan fingerprint density at radius 2 is 2.21 bits per heavy atom. The molecule has 0 aliphatic carbocycles. The van der Waals surface area contributed by atoms with Gasteiger partial charge in [0.1, 0.15) is 5.69 Å². The van der Waals surface area contributed by atoms with Crippen LogP contribution in [0.4, 0.5) is 8.78 Å². The van der Waals surface area contributed by atoms with Crippen LogP contribution < -0.4 is 0 Å². The lowest BCUT2D eigenvalue weighted by molar-refractivity contribution is 0.106. The van der Waals surface area contributed by atoms with Gasteiger partial charge in [-0.25, -0.2) is 13.8 Å². The van der Waals surface area contributed by atoms with Crippen molar-refractivity contribution in [1.82, 2.24) is 4.98 Å². The van der Waals surface area contributed by atoms with Crippen molar-refractivity contribution in [3.05, 3.63) is 25.5 Å². The Morgan fingerprint density at radius 1 is 1.64 bits per heavy atom. The zero-order chi connectivity index (χ0) is 10.9. The van der Waals surface area contributed by atoms with Crippen LogP contribution >= 0.6 is 50.1 Å². The van der Waals surface area contributed by atoms with Crippen LogP contribution in [0.15, 0.2) is 10.7 Å². The molecule has 0 spiro atoms. The second-order valence-corrected chi connectivity index (χ2v) is 4.53. The summed E-state index contributed by atoms with van der Waals surface area (Å²) in [5.41, 5.74) is -0.825. The molecule has 0 unspecified atom stereocenters. The molecule has 1 heterocycles. The molecule has 1 rings (SSSR count). The number of halogens is 5. The van der Waals surface area contributed by atoms with Crippen molar-refractivity contribution in [3.8, 4) is 0 Å². The third-order valence-electron chi connectivity index (χ3n) is 1.41. The molecule has 76 valence electrons. The molecular weight excluding hydrogens is 394 g/mol. The maximum Gasteiger partial charge on any atom is 0.271 e. The van der Waals surface area contributed by atoms with Crippen molar-refractivity contribution in [3.63, 3.8) is 0 Å². The number of carbonyl (C=O) groups excluding carboxylic acids is 1. The minimum atomic E-state index is -2.77. The van der Waals surface area contributed by atoms with E-state index < -0.39 is 22.9 Å². The summed E-state index contributed by atoms with van der Waals surface area (Å²) in [6.07, 6.45) is -1.51. The van der Waals surface area contributed by atoms with Gasteiger partial charge >= 0.3 is 0 Å². The fourth-order valence-electron chi connectivity index (χ4n) is 0.836. The van der Waals surface area contributed by atoms with Crippen molar-refractivity contribution in [1.29, 1.82) is 0 Å². The van der Waals surface area contributed by atoms with E-state index in [9.17, 15) is 13.6 Å². The summed E-state index contributed by atoms with van der Waals surface area (Å²) >= 11 is 9.86. The van der Waals surface area contributed by atoms with Gasteiger partial charge in [-0.1, -0.05) is 0 Å². The highest BCUT2D eigenvalue weighted by Gasteiger charge is 2.23. The molecular formula is C7H2BrClF2INO. The van der Waals surface area contributed by atoms with Gasteiger partial charge in [0.25, 0.3) is 11.7 Å². The van der Waals surface area contributed by atoms with E-state index in [2.05, 4.69) is 20.9 Å². The Labute approximate surface area is 105 Å². The number of pyridine rings is 1. The van der Waals surface area contributed by atoms with Crippen LogP contribution in [0.5, 0.6) is 0 Å². The van der Waals surface area contributed by atoms with Gasteiger partial charge in [0, 0.05) is 14.2 Å². The average Bonchev–Trinajstić information content (AvgIpc) is 2.08. The van der Waals surface area contributed by atoms with E-state index in [1.165, 1.54) is 6.20 Å². The maximum atomic E-state index is 12.6. The van der Waals surface area contributed by atoms with E-state index >= 15 is 0 Å². The Morgan fingerprint density at radius 3 is 2.64 bits per heavy atom. The Hall–Kier alpha value is 0.180. The number of alkyl halides is 2. The zero-order valence-corrected chi connectivity index (χ0v) is 10.9. The number of rotatable bonds is 2. The molecule has 0 fully saturated rings. The largest absolute Gasteiger partial charge is 0.274 e. The molecule has 0 aliphatic heterocycles. The van der Waals surface area contributed by atoms with Gasteiger partial charge in [0.05, 0.1) is 5.56 Å². The highest BCUT2D eigenvalue weighted by atomic mass is 127. The molecule has 0 N–H and O–H groups in total. The minimum Gasteiger partial charge on any atom is -0.274 e. The molecule has 0 saturated heterocycles. The molecule has 0 saturated carbocycles. The standard InChI is InChI=1S/C7H2BrClF2INO/c8-2-1-13-5(6(9)14)3(4(2)12)7(10)11/h1,7H. The van der Waals surface area contributed by atoms with Gasteiger partial charge in [-0.2, -0.15) is 0 Å². The topological polar surface area (TPSA) is 30.0 Å². The fourth-order valence-corrected chi connectivity index (χ4v) is 1.93. The lowest BCUT2D eigenvalue weighted by atomic mass is 10.2. The van der Waals surface area contributed by atoms with Gasteiger partial charge in [-0.05, 0) is 50.1 Å². The summed E-state index contributed by atoms with van der Waals surface area (Å²) in [5.74, 6) is 0. The molecule has 1 aromatic heterocycles. The third kappa shape index (κ3) is 2.40. The zero-order valence-electron chi connectivity index (χ0n) is 6.40. The Balaban J connectivity index is 3.45. The van der Waals surface area contributed by atoms with Crippen LogP contribution in [0.25, 0.3) is 0 Å². The van der Waals surface area contributed by atoms with Crippen LogP contribution in [0, 0.1) is 3.57 Å². The summed E-state index contributed by atoms with van der Waals surface area (Å²) in [7, 11) is 0. The van der Waals surface area contributed by atoms with Crippen LogP contribution in [-0.4, -0.2) is 10.2 Å². The number of aromatic nitrogens is 1. The quantitative estimate of drug-likeness (QED) is 0.563. The van der Waals surface area contributed by atoms with Crippen molar-refractivity contribution in [2.45, 2.75) is 6.43 Å². The fraction of sp³-hybridized carbons (Fsp3) is 0.143. The summed E-state index contributed by atoms with van der Waals surface area (Å²) in [6, 6.07) is 0. The normalized spacial score (nSPS) is 10.7. The summed E-state index contributed by atoms with van der Waals surface area (Å²) in [6.45, 7) is 0. The highest BCUT2D eigenvalue weighted by Crippen LogP contribution is 2.32. The SMILES string of the molecule is O=C(Cl)c1ncc(Br)c(I)c1C(F)F. The van der Waals surface area contributed by atoms with Crippen molar-refractivity contribution in [2.75, 3.05) is 0 Å². The van der Waals surface area contributed by atoms with E-state index in [1.54, 1.807) is 22.6 Å². The second kappa shape index (κ2) is 4.80. The van der Waals surface area contributed by atoms with Gasteiger partial charge in [0.2, 0.25) is 0 Å². The Kier molecular flexibility index (Phi) is 4.20. The lowest BCUT2D eigenvalue weighted by Gasteiger charge is -2.07. The predicted molar refractivity (Wildman–Crippen MR) is 59.8 cm³/mol. The molecule has 0 aliphatic rings. The average molecular weight is 396 g/mol. The first kappa shape index (κ1) is 12.3. The number of hydrogen-bond donors (Lipinski definition) is 0. The van der Waals surface area contributed by atoms with Crippen molar-refractivity contribution >= 4 is 55.4 Å². The molecule has 0 bridgehead atoms. The summed E-state index contributed by atoms with van der Waals surface area (Å²) in [5, 5.41) is -0.981. The van der Waals surface area contributed by atoms with Gasteiger partial charge in [-0.15, -0.1) is 0 Å². The molecule has 0 atom stereocenters. The molecule has 0 amide bonds. The first-order valence-electron chi connectivity index (χ1n) is 3.27. The van der Waals surface area contributed by atoms with Crippen LogP contribution in [-0.2, 0) is 0 Å². The summed E-state index contributed by atoms with van der Waals surface area (Å²) in [4.78, 5) is 14.3. The predicted octanol–water partition coefficient (Wildman–Crippen LogP) is 3.77. The first-order valence-corrected chi connectivity index (χ1v) is 5.52. The van der Waals surface area contributed by atoms with E-state index in [-0.39, 0.29) is 3.57 Å². The molecule has 7 heteroatoms. The number of nitrogens with zero attached hydrogens (tertiary/aromatic N) is 1. The monoisotopic (exact) mass is 395 g/mol. The van der Waals surface area contributed by atoms with E-state index in [0.717, 1.165) is 0 Å². The first-order chi connectivity index (χ1) is 6.45. The van der Waals surface area contributed by atoms with Gasteiger partial charge in [-0.3, -0.25) is 4.79 Å². The van der Waals surface area contributed by atoms with Crippen molar-refractivity contribution < 1.29 is 13.6 Å². The smallest absolute Gasteiger partial charge is 0.271 e. The summed E-state index contributed by atoms with van der Waals surface area (Å²) < 4.78 is 25.8. The molecule has 2 nitrogen and oxygen atoms in total. The highest BCUT2D eigenvalue weighted by molar-refractivity contribution is 14.1. The number of hydrogen-bond acceptors (Lipinski definition) is 2.